The SMILES string of the molecule is Cc1cc2ccccc2n1CC(=O)N1CCN(c2ccccc2F)CC1. The van der Waals surface area contributed by atoms with Crippen molar-refractivity contribution in [3.63, 3.8) is 0 Å². The number of para-hydroxylation sites is 2. The molecule has 0 N–H and O–H groups in total. The summed E-state index contributed by atoms with van der Waals surface area (Å²) < 4.78 is 16.0. The minimum Gasteiger partial charge on any atom is -0.366 e. The Morgan fingerprint density at radius 3 is 2.46 bits per heavy atom. The summed E-state index contributed by atoms with van der Waals surface area (Å²) in [7, 11) is 0. The largest absolute Gasteiger partial charge is 0.366 e. The van der Waals surface area contributed by atoms with Crippen LogP contribution in [0.5, 0.6) is 0 Å². The molecule has 5 heteroatoms. The van der Waals surface area contributed by atoms with E-state index in [-0.39, 0.29) is 11.7 Å². The standard InChI is InChI=1S/C21H22FN3O/c1-16-14-17-6-2-4-8-19(17)25(16)15-21(26)24-12-10-23(11-13-24)20-9-5-3-7-18(20)22/h2-9,14H,10-13,15H2,1H3. The molecule has 0 radical (unpaired) electrons. The molecule has 1 fully saturated rings. The van der Waals surface area contributed by atoms with Gasteiger partial charge in [0.05, 0.1) is 5.69 Å². The number of rotatable bonds is 3. The van der Waals surface area contributed by atoms with E-state index in [4.69, 9.17) is 0 Å². The maximum absolute atomic E-state index is 13.9. The fourth-order valence-electron chi connectivity index (χ4n) is 3.70. The highest BCUT2D eigenvalue weighted by Gasteiger charge is 2.23. The summed E-state index contributed by atoms with van der Waals surface area (Å²) in [6, 6.07) is 17.0. The molecule has 4 nitrogen and oxygen atoms in total. The molecule has 0 saturated carbocycles. The number of nitrogens with zero attached hydrogens (tertiary/aromatic N) is 3. The molecule has 134 valence electrons. The van der Waals surface area contributed by atoms with E-state index in [1.54, 1.807) is 12.1 Å². The molecule has 2 heterocycles. The van der Waals surface area contributed by atoms with Crippen LogP contribution in [0.1, 0.15) is 5.69 Å². The lowest BCUT2D eigenvalue weighted by Crippen LogP contribution is -2.49. The normalized spacial score (nSPS) is 14.8. The van der Waals surface area contributed by atoms with Gasteiger partial charge in [-0.05, 0) is 36.6 Å². The Labute approximate surface area is 152 Å². The van der Waals surface area contributed by atoms with Crippen molar-refractivity contribution >= 4 is 22.5 Å². The Balaban J connectivity index is 1.44. The summed E-state index contributed by atoms with van der Waals surface area (Å²) >= 11 is 0. The number of anilines is 1. The number of fused-ring (bicyclic) bond motifs is 1. The predicted molar refractivity (Wildman–Crippen MR) is 102 cm³/mol. The highest BCUT2D eigenvalue weighted by atomic mass is 19.1. The third kappa shape index (κ3) is 3.05. The van der Waals surface area contributed by atoms with Crippen LogP contribution in [0.3, 0.4) is 0 Å². The fraction of sp³-hybridized carbons (Fsp3) is 0.286. The summed E-state index contributed by atoms with van der Waals surface area (Å²) in [6.07, 6.45) is 0. The molecule has 2 aromatic carbocycles. The van der Waals surface area contributed by atoms with Gasteiger partial charge in [0.15, 0.2) is 0 Å². The number of hydrogen-bond acceptors (Lipinski definition) is 2. The van der Waals surface area contributed by atoms with Gasteiger partial charge in [0, 0.05) is 37.4 Å². The van der Waals surface area contributed by atoms with Crippen LogP contribution >= 0.6 is 0 Å². The predicted octanol–water partition coefficient (Wildman–Crippen LogP) is 3.44. The first kappa shape index (κ1) is 16.6. The van der Waals surface area contributed by atoms with Crippen molar-refractivity contribution in [3.05, 3.63) is 66.1 Å². The second-order valence-electron chi connectivity index (χ2n) is 6.75. The van der Waals surface area contributed by atoms with E-state index in [1.807, 2.05) is 41.0 Å². The van der Waals surface area contributed by atoms with Gasteiger partial charge in [-0.1, -0.05) is 30.3 Å². The summed E-state index contributed by atoms with van der Waals surface area (Å²) in [5, 5.41) is 1.15. The Bertz CT molecular complexity index is 941. The van der Waals surface area contributed by atoms with Crippen molar-refractivity contribution in [1.29, 1.82) is 0 Å². The van der Waals surface area contributed by atoms with Gasteiger partial charge in [0.25, 0.3) is 0 Å². The van der Waals surface area contributed by atoms with Gasteiger partial charge in [-0.3, -0.25) is 4.79 Å². The summed E-state index contributed by atoms with van der Waals surface area (Å²) in [5.74, 6) is -0.0932. The van der Waals surface area contributed by atoms with Gasteiger partial charge >= 0.3 is 0 Å². The van der Waals surface area contributed by atoms with Gasteiger partial charge in [-0.2, -0.15) is 0 Å². The molecule has 0 bridgehead atoms. The zero-order valence-electron chi connectivity index (χ0n) is 14.9. The van der Waals surface area contributed by atoms with Crippen molar-refractivity contribution < 1.29 is 9.18 Å². The third-order valence-electron chi connectivity index (χ3n) is 5.14. The molecular formula is C21H22FN3O. The summed E-state index contributed by atoms with van der Waals surface area (Å²) in [4.78, 5) is 16.7. The Morgan fingerprint density at radius 1 is 1.00 bits per heavy atom. The molecule has 26 heavy (non-hydrogen) atoms. The average molecular weight is 351 g/mol. The molecule has 0 spiro atoms. The van der Waals surface area contributed by atoms with Crippen molar-refractivity contribution in [2.24, 2.45) is 0 Å². The molecule has 0 aliphatic carbocycles. The van der Waals surface area contributed by atoms with Crippen LogP contribution in [0.25, 0.3) is 10.9 Å². The van der Waals surface area contributed by atoms with Crippen molar-refractivity contribution in [2.75, 3.05) is 31.1 Å². The highest BCUT2D eigenvalue weighted by Crippen LogP contribution is 2.22. The number of aromatic nitrogens is 1. The summed E-state index contributed by atoms with van der Waals surface area (Å²) in [5.41, 5.74) is 2.79. The Hall–Kier alpha value is -2.82. The maximum Gasteiger partial charge on any atom is 0.242 e. The Kier molecular flexibility index (Phi) is 4.37. The van der Waals surface area contributed by atoms with Gasteiger partial charge in [0.1, 0.15) is 12.4 Å². The molecule has 0 atom stereocenters. The van der Waals surface area contributed by atoms with Crippen LogP contribution in [0.4, 0.5) is 10.1 Å². The minimum atomic E-state index is -0.207. The molecule has 4 rings (SSSR count). The van der Waals surface area contributed by atoms with E-state index >= 15 is 0 Å². The summed E-state index contributed by atoms with van der Waals surface area (Å²) in [6.45, 7) is 4.91. The van der Waals surface area contributed by atoms with Gasteiger partial charge in [0.2, 0.25) is 5.91 Å². The maximum atomic E-state index is 13.9. The number of halogens is 1. The zero-order valence-corrected chi connectivity index (χ0v) is 14.9. The van der Waals surface area contributed by atoms with E-state index in [2.05, 4.69) is 16.7 Å². The number of aryl methyl sites for hydroxylation is 1. The van der Waals surface area contributed by atoms with E-state index in [0.717, 1.165) is 16.6 Å². The lowest BCUT2D eigenvalue weighted by atomic mass is 10.2. The van der Waals surface area contributed by atoms with Gasteiger partial charge in [-0.25, -0.2) is 4.39 Å². The molecule has 1 aliphatic heterocycles. The molecule has 1 aromatic heterocycles. The monoisotopic (exact) mass is 351 g/mol. The van der Waals surface area contributed by atoms with E-state index in [9.17, 15) is 9.18 Å². The molecule has 0 unspecified atom stereocenters. The Morgan fingerprint density at radius 2 is 1.69 bits per heavy atom. The highest BCUT2D eigenvalue weighted by molar-refractivity contribution is 5.84. The van der Waals surface area contributed by atoms with Crippen molar-refractivity contribution in [2.45, 2.75) is 13.5 Å². The first-order chi connectivity index (χ1) is 12.6. The van der Waals surface area contributed by atoms with Crippen molar-refractivity contribution in [3.8, 4) is 0 Å². The topological polar surface area (TPSA) is 28.5 Å². The van der Waals surface area contributed by atoms with Gasteiger partial charge < -0.3 is 14.4 Å². The number of carbonyl (C=O) groups excluding carboxylic acids is 1. The van der Waals surface area contributed by atoms with Crippen LogP contribution in [0, 0.1) is 12.7 Å². The number of piperazine rings is 1. The van der Waals surface area contributed by atoms with Gasteiger partial charge in [-0.15, -0.1) is 0 Å². The molecular weight excluding hydrogens is 329 g/mol. The first-order valence-corrected chi connectivity index (χ1v) is 8.95. The molecule has 1 amide bonds. The molecule has 3 aromatic rings. The molecule has 1 aliphatic rings. The lowest BCUT2D eigenvalue weighted by Gasteiger charge is -2.36. The number of carbonyl (C=O) groups is 1. The quantitative estimate of drug-likeness (QED) is 0.723. The fourth-order valence-corrected chi connectivity index (χ4v) is 3.70. The number of hydrogen-bond donors (Lipinski definition) is 0. The van der Waals surface area contributed by atoms with Crippen LogP contribution in [-0.4, -0.2) is 41.6 Å². The third-order valence-corrected chi connectivity index (χ3v) is 5.14. The number of benzene rings is 2. The van der Waals surface area contributed by atoms with Crippen molar-refractivity contribution in [1.82, 2.24) is 9.47 Å². The first-order valence-electron chi connectivity index (χ1n) is 8.95. The number of amides is 1. The van der Waals surface area contributed by atoms with E-state index < -0.39 is 0 Å². The average Bonchev–Trinajstić information content (AvgIpc) is 2.98. The minimum absolute atomic E-state index is 0.114. The lowest BCUT2D eigenvalue weighted by molar-refractivity contribution is -0.132. The smallest absolute Gasteiger partial charge is 0.242 e. The van der Waals surface area contributed by atoms with Crippen LogP contribution < -0.4 is 4.90 Å². The van der Waals surface area contributed by atoms with Crippen LogP contribution in [0.15, 0.2) is 54.6 Å². The van der Waals surface area contributed by atoms with E-state index in [0.29, 0.717) is 38.4 Å². The molecule has 1 saturated heterocycles. The zero-order chi connectivity index (χ0) is 18.1. The van der Waals surface area contributed by atoms with Crippen LogP contribution in [-0.2, 0) is 11.3 Å². The second kappa shape index (κ2) is 6.83. The van der Waals surface area contributed by atoms with Crippen LogP contribution in [0.2, 0.25) is 0 Å². The van der Waals surface area contributed by atoms with E-state index in [1.165, 1.54) is 6.07 Å². The second-order valence-corrected chi connectivity index (χ2v) is 6.75.